The summed E-state index contributed by atoms with van der Waals surface area (Å²) in [4.78, 5) is 9.12. The Hall–Kier alpha value is -2.82. The SMILES string of the molecule is Cc1ccc(-c2cccc(C3=NC=C4C=NC=C[N+]43NC3CCC3)c2)cc1. The Kier molecular flexibility index (Phi) is 3.88. The molecule has 2 aromatic carbocycles. The van der Waals surface area contributed by atoms with Crippen LogP contribution in [0.15, 0.2) is 82.8 Å². The fraction of sp³-hybridized carbons (Fsp3) is 0.217. The summed E-state index contributed by atoms with van der Waals surface area (Å²) >= 11 is 0. The first kappa shape index (κ1) is 16.4. The topological polar surface area (TPSA) is 36.8 Å². The van der Waals surface area contributed by atoms with E-state index in [1.807, 2.05) is 18.6 Å². The van der Waals surface area contributed by atoms with E-state index < -0.39 is 0 Å². The van der Waals surface area contributed by atoms with Crippen LogP contribution in [-0.2, 0) is 0 Å². The van der Waals surface area contributed by atoms with Crippen molar-refractivity contribution in [2.24, 2.45) is 9.98 Å². The number of benzene rings is 2. The van der Waals surface area contributed by atoms with E-state index in [1.54, 1.807) is 0 Å². The third-order valence-electron chi connectivity index (χ3n) is 5.64. The highest BCUT2D eigenvalue weighted by atomic mass is 15.7. The predicted octanol–water partition coefficient (Wildman–Crippen LogP) is 4.69. The lowest BCUT2D eigenvalue weighted by Crippen LogP contribution is -2.61. The van der Waals surface area contributed by atoms with Crippen molar-refractivity contribution in [1.29, 1.82) is 0 Å². The summed E-state index contributed by atoms with van der Waals surface area (Å²) in [7, 11) is 0. The summed E-state index contributed by atoms with van der Waals surface area (Å²) in [6.07, 6.45) is 11.6. The molecular formula is C23H23N4+. The lowest BCUT2D eigenvalue weighted by atomic mass is 9.93. The minimum Gasteiger partial charge on any atom is -0.253 e. The van der Waals surface area contributed by atoms with Gasteiger partial charge in [0, 0.05) is 0 Å². The summed E-state index contributed by atoms with van der Waals surface area (Å²) in [5, 5.41) is 0. The highest BCUT2D eigenvalue weighted by Crippen LogP contribution is 2.33. The highest BCUT2D eigenvalue weighted by Gasteiger charge is 2.45. The van der Waals surface area contributed by atoms with Gasteiger partial charge in [0.25, 0.3) is 5.84 Å². The normalized spacial score (nSPS) is 23.6. The monoisotopic (exact) mass is 355 g/mol. The lowest BCUT2D eigenvalue weighted by Gasteiger charge is -2.38. The van der Waals surface area contributed by atoms with Crippen molar-refractivity contribution < 1.29 is 4.59 Å². The number of nitrogens with zero attached hydrogens (tertiary/aromatic N) is 3. The molecule has 1 atom stereocenters. The molecule has 1 aliphatic carbocycles. The fourth-order valence-electron chi connectivity index (χ4n) is 3.84. The van der Waals surface area contributed by atoms with E-state index in [0.29, 0.717) is 10.6 Å². The van der Waals surface area contributed by atoms with E-state index in [4.69, 9.17) is 4.99 Å². The van der Waals surface area contributed by atoms with E-state index in [-0.39, 0.29) is 0 Å². The molecule has 1 fully saturated rings. The zero-order valence-electron chi connectivity index (χ0n) is 15.5. The number of rotatable bonds is 4. The molecule has 5 rings (SSSR count). The van der Waals surface area contributed by atoms with Gasteiger partial charge in [-0.15, -0.1) is 10.0 Å². The number of allylic oxidation sites excluding steroid dienone is 1. The Morgan fingerprint density at radius 2 is 1.81 bits per heavy atom. The van der Waals surface area contributed by atoms with Crippen molar-refractivity contribution in [1.82, 2.24) is 5.43 Å². The maximum absolute atomic E-state index is 4.80. The zero-order valence-corrected chi connectivity index (χ0v) is 15.5. The van der Waals surface area contributed by atoms with E-state index >= 15 is 0 Å². The van der Waals surface area contributed by atoms with Gasteiger partial charge < -0.3 is 0 Å². The molecule has 0 bridgehead atoms. The summed E-state index contributed by atoms with van der Waals surface area (Å²) in [5.74, 6) is 1.01. The van der Waals surface area contributed by atoms with Crippen LogP contribution in [0, 0.1) is 6.92 Å². The third kappa shape index (κ3) is 2.78. The molecule has 2 aromatic rings. The van der Waals surface area contributed by atoms with Gasteiger partial charge in [-0.25, -0.2) is 0 Å². The van der Waals surface area contributed by atoms with Crippen molar-refractivity contribution in [2.75, 3.05) is 0 Å². The van der Waals surface area contributed by atoms with Gasteiger partial charge in [0.1, 0.15) is 6.20 Å². The predicted molar refractivity (Wildman–Crippen MR) is 110 cm³/mol. The van der Waals surface area contributed by atoms with Crippen molar-refractivity contribution in [3.8, 4) is 11.1 Å². The number of nitrogens with one attached hydrogen (secondary N) is 1. The largest absolute Gasteiger partial charge is 0.264 e. The number of fused-ring (bicyclic) bond motifs is 1. The summed E-state index contributed by atoms with van der Waals surface area (Å²) in [5.41, 5.74) is 9.71. The molecule has 0 aromatic heterocycles. The molecule has 1 saturated carbocycles. The highest BCUT2D eigenvalue weighted by molar-refractivity contribution is 6.00. The Morgan fingerprint density at radius 1 is 1.00 bits per heavy atom. The molecule has 2 heterocycles. The molecule has 4 heteroatoms. The van der Waals surface area contributed by atoms with Crippen LogP contribution in [-0.4, -0.2) is 22.7 Å². The molecule has 1 N–H and O–H groups in total. The van der Waals surface area contributed by atoms with E-state index in [1.165, 1.54) is 36.0 Å². The van der Waals surface area contributed by atoms with Crippen LogP contribution in [0.3, 0.4) is 0 Å². The van der Waals surface area contributed by atoms with Crippen LogP contribution < -0.4 is 5.43 Å². The maximum Gasteiger partial charge on any atom is 0.264 e. The smallest absolute Gasteiger partial charge is 0.253 e. The van der Waals surface area contributed by atoms with Crippen molar-refractivity contribution in [2.45, 2.75) is 32.2 Å². The number of quaternary nitrogens is 1. The molecule has 134 valence electrons. The molecule has 0 radical (unpaired) electrons. The molecule has 2 aliphatic heterocycles. The van der Waals surface area contributed by atoms with Gasteiger partial charge in [-0.05, 0) is 49.4 Å². The molecule has 0 spiro atoms. The number of aryl methyl sites for hydroxylation is 1. The van der Waals surface area contributed by atoms with E-state index in [0.717, 1.165) is 17.1 Å². The first-order chi connectivity index (χ1) is 13.2. The van der Waals surface area contributed by atoms with E-state index in [9.17, 15) is 0 Å². The average molecular weight is 355 g/mol. The molecule has 0 saturated heterocycles. The molecule has 0 amide bonds. The first-order valence-corrected chi connectivity index (χ1v) is 9.59. The van der Waals surface area contributed by atoms with Crippen LogP contribution in [0.25, 0.3) is 11.1 Å². The summed E-state index contributed by atoms with van der Waals surface area (Å²) in [6.45, 7) is 2.12. The van der Waals surface area contributed by atoms with Gasteiger partial charge in [0.2, 0.25) is 5.70 Å². The minimum atomic E-state index is 0.464. The van der Waals surface area contributed by atoms with Crippen molar-refractivity contribution in [3.05, 3.63) is 84.0 Å². The third-order valence-corrected chi connectivity index (χ3v) is 5.64. The second-order valence-electron chi connectivity index (χ2n) is 7.51. The molecule has 1 unspecified atom stereocenters. The second-order valence-corrected chi connectivity index (χ2v) is 7.51. The van der Waals surface area contributed by atoms with Gasteiger partial charge >= 0.3 is 0 Å². The Morgan fingerprint density at radius 3 is 2.59 bits per heavy atom. The van der Waals surface area contributed by atoms with Crippen LogP contribution in [0.4, 0.5) is 0 Å². The summed E-state index contributed by atoms with van der Waals surface area (Å²) < 4.78 is 0.464. The molecular weight excluding hydrogens is 332 g/mol. The second kappa shape index (κ2) is 6.41. The van der Waals surface area contributed by atoms with Crippen LogP contribution in [0.1, 0.15) is 30.4 Å². The van der Waals surface area contributed by atoms with Crippen LogP contribution in [0.2, 0.25) is 0 Å². The number of hydrogen-bond donors (Lipinski definition) is 1. The van der Waals surface area contributed by atoms with Crippen LogP contribution in [0.5, 0.6) is 0 Å². The minimum absolute atomic E-state index is 0.464. The number of hydrogen-bond acceptors (Lipinski definition) is 3. The number of amidine groups is 1. The molecule has 3 aliphatic rings. The zero-order chi connectivity index (χ0) is 18.3. The fourth-order valence-corrected chi connectivity index (χ4v) is 3.84. The Balaban J connectivity index is 1.54. The standard InChI is InChI=1S/C23H23N4/c1-17-8-10-18(11-9-17)19-4-2-5-20(14-19)23-25-16-22-15-24-12-13-27(22,23)26-21-6-3-7-21/h2,4-5,8-16,21,26H,3,6-7H2,1H3/q+1. The van der Waals surface area contributed by atoms with Crippen molar-refractivity contribution >= 4 is 12.1 Å². The van der Waals surface area contributed by atoms with Crippen LogP contribution >= 0.6 is 0 Å². The Bertz CT molecular complexity index is 993. The van der Waals surface area contributed by atoms with Gasteiger partial charge in [0.15, 0.2) is 0 Å². The number of aliphatic imine (C=N–C) groups is 2. The lowest BCUT2D eigenvalue weighted by molar-refractivity contribution is -0.794. The van der Waals surface area contributed by atoms with Crippen molar-refractivity contribution in [3.63, 3.8) is 0 Å². The van der Waals surface area contributed by atoms with E-state index in [2.05, 4.69) is 72.1 Å². The summed E-state index contributed by atoms with van der Waals surface area (Å²) in [6, 6.07) is 17.9. The Labute approximate surface area is 159 Å². The van der Waals surface area contributed by atoms with Gasteiger partial charge in [-0.2, -0.15) is 4.99 Å². The quantitative estimate of drug-likeness (QED) is 0.794. The van der Waals surface area contributed by atoms with Gasteiger partial charge in [-0.3, -0.25) is 4.99 Å². The maximum atomic E-state index is 4.80. The first-order valence-electron chi connectivity index (χ1n) is 9.59. The molecule has 27 heavy (non-hydrogen) atoms. The average Bonchev–Trinajstić information content (AvgIpc) is 3.05. The molecule has 4 nitrogen and oxygen atoms in total. The van der Waals surface area contributed by atoms with Gasteiger partial charge in [0.05, 0.1) is 30.2 Å². The van der Waals surface area contributed by atoms with Gasteiger partial charge in [-0.1, -0.05) is 42.0 Å².